The van der Waals surface area contributed by atoms with Gasteiger partial charge in [-0.05, 0) is 24.5 Å². The molecule has 0 amide bonds. The minimum absolute atomic E-state index is 0.903. The van der Waals surface area contributed by atoms with Crippen molar-refractivity contribution in [2.24, 2.45) is 0 Å². The number of benzene rings is 2. The van der Waals surface area contributed by atoms with Crippen LogP contribution in [-0.4, -0.2) is 6.16 Å². The van der Waals surface area contributed by atoms with E-state index in [1.807, 2.05) is 12.1 Å². The largest absolute Gasteiger partial charge is 0.244 e. The highest BCUT2D eigenvalue weighted by Gasteiger charge is 2.39. The Kier molecular flexibility index (Phi) is 6.55. The third kappa shape index (κ3) is 4.71. The molecule has 0 aromatic heterocycles. The van der Waals surface area contributed by atoms with Crippen LogP contribution in [-0.2, 0) is 0 Å². The van der Waals surface area contributed by atoms with Gasteiger partial charge < -0.3 is 0 Å². The van der Waals surface area contributed by atoms with E-state index in [1.54, 1.807) is 0 Å². The fourth-order valence-corrected chi connectivity index (χ4v) is 5.80. The molecule has 0 saturated heterocycles. The van der Waals surface area contributed by atoms with Crippen LogP contribution < -0.4 is 5.30 Å². The van der Waals surface area contributed by atoms with Gasteiger partial charge in [0.1, 0.15) is 27.8 Å². The van der Waals surface area contributed by atoms with E-state index in [0.29, 0.717) is 0 Å². The monoisotopic (exact) mass is 339 g/mol. The Labute approximate surface area is 138 Å². The third-order valence-corrected chi connectivity index (χ3v) is 7.71. The highest BCUT2D eigenvalue weighted by molar-refractivity contribution is 8.22. The van der Waals surface area contributed by atoms with Gasteiger partial charge in [0.15, 0.2) is 0 Å². The van der Waals surface area contributed by atoms with Crippen LogP contribution in [0.15, 0.2) is 54.6 Å². The highest BCUT2D eigenvalue weighted by atomic mass is 35.9. The molecule has 0 atom stereocenters. The van der Waals surface area contributed by atoms with Gasteiger partial charge in [-0.1, -0.05) is 68.3 Å². The first-order valence-corrected chi connectivity index (χ1v) is 11.4. The molecule has 2 aromatic carbocycles. The van der Waals surface area contributed by atoms with Gasteiger partial charge >= 0.3 is 0 Å². The van der Waals surface area contributed by atoms with Crippen LogP contribution in [0.3, 0.4) is 0 Å². The molecule has 0 radical (unpaired) electrons. The minimum atomic E-state index is -2.09. The van der Waals surface area contributed by atoms with Crippen LogP contribution in [0.25, 0.3) is 11.1 Å². The lowest BCUT2D eigenvalue weighted by molar-refractivity contribution is 0.705. The summed E-state index contributed by atoms with van der Waals surface area (Å²) in [5, 5.41) is 1.12. The van der Waals surface area contributed by atoms with Crippen molar-refractivity contribution in [1.29, 1.82) is 0 Å². The summed E-state index contributed by atoms with van der Waals surface area (Å²) in [6, 6.07) is 18.7. The van der Waals surface area contributed by atoms with Crippen molar-refractivity contribution in [3.8, 4) is 11.1 Å². The van der Waals surface area contributed by atoms with Gasteiger partial charge in [0.05, 0.1) is 6.16 Å². The molecule has 0 unspecified atom stereocenters. The second-order valence-electron chi connectivity index (χ2n) is 5.30. The van der Waals surface area contributed by atoms with Gasteiger partial charge in [0.2, 0.25) is 5.97 Å². The number of halogens is 2. The van der Waals surface area contributed by atoms with Crippen LogP contribution in [0.2, 0.25) is 0 Å². The average molecular weight is 340 g/mol. The molecular weight excluding hydrogens is 318 g/mol. The summed E-state index contributed by atoms with van der Waals surface area (Å²) in [6.07, 6.45) is 5.72. The fourth-order valence-electron chi connectivity index (χ4n) is 2.48. The van der Waals surface area contributed by atoms with Crippen LogP contribution in [0.5, 0.6) is 0 Å². The number of hydrogen-bond donors (Lipinski definition) is 0. The predicted molar refractivity (Wildman–Crippen MR) is 99.1 cm³/mol. The lowest BCUT2D eigenvalue weighted by Gasteiger charge is -2.14. The molecule has 0 bridgehead atoms. The van der Waals surface area contributed by atoms with E-state index in [-0.39, 0.29) is 0 Å². The number of rotatable bonds is 7. The summed E-state index contributed by atoms with van der Waals surface area (Å²) in [5.74, 6) is -2.09. The zero-order valence-electron chi connectivity index (χ0n) is 12.4. The van der Waals surface area contributed by atoms with Crippen molar-refractivity contribution in [1.82, 2.24) is 0 Å². The van der Waals surface area contributed by atoms with Gasteiger partial charge in [0, 0.05) is 5.56 Å². The topological polar surface area (TPSA) is 0 Å². The van der Waals surface area contributed by atoms with Crippen LogP contribution in [0.4, 0.5) is 0 Å². The highest BCUT2D eigenvalue weighted by Crippen LogP contribution is 2.69. The maximum absolute atomic E-state index is 6.77. The smallest absolute Gasteiger partial charge is 0.0654 e. The molecule has 3 heteroatoms. The number of unbranched alkanes of at least 4 members (excludes halogenated alkanes) is 3. The minimum Gasteiger partial charge on any atom is -0.0654 e. The molecular formula is C18H22Cl2P+. The maximum atomic E-state index is 6.77. The molecule has 0 N–H and O–H groups in total. The summed E-state index contributed by atoms with van der Waals surface area (Å²) in [5.41, 5.74) is 2.36. The van der Waals surface area contributed by atoms with Crippen molar-refractivity contribution in [2.75, 3.05) is 6.16 Å². The standard InChI is InChI=1S/C18H22Cl2P/c1-2-3-4-10-15-21(19,20)18-14-9-8-13-17(18)16-11-6-5-7-12-16/h5-9,11-14H,2-4,10,15H2,1H3/q+1. The summed E-state index contributed by atoms with van der Waals surface area (Å²) >= 11 is 13.5. The molecule has 0 heterocycles. The molecule has 2 aromatic rings. The average Bonchev–Trinajstić information content (AvgIpc) is 2.52. The first-order chi connectivity index (χ1) is 10.1. The molecule has 2 rings (SSSR count). The Morgan fingerprint density at radius 1 is 0.810 bits per heavy atom. The zero-order chi connectivity index (χ0) is 15.1. The van der Waals surface area contributed by atoms with E-state index in [4.69, 9.17) is 22.5 Å². The number of hydrogen-bond acceptors (Lipinski definition) is 0. The second-order valence-corrected chi connectivity index (χ2v) is 11.5. The normalized spacial score (nSPS) is 11.6. The van der Waals surface area contributed by atoms with E-state index in [2.05, 4.69) is 49.4 Å². The quantitative estimate of drug-likeness (QED) is 0.380. The molecule has 0 aliphatic carbocycles. The Morgan fingerprint density at radius 3 is 2.19 bits per heavy atom. The van der Waals surface area contributed by atoms with Gasteiger partial charge in [0.25, 0.3) is 0 Å². The van der Waals surface area contributed by atoms with E-state index in [1.165, 1.54) is 30.4 Å². The molecule has 112 valence electrons. The third-order valence-electron chi connectivity index (χ3n) is 3.63. The fraction of sp³-hybridized carbons (Fsp3) is 0.333. The first-order valence-electron chi connectivity index (χ1n) is 7.57. The van der Waals surface area contributed by atoms with Crippen molar-refractivity contribution in [2.45, 2.75) is 32.6 Å². The Balaban J connectivity index is 2.23. The Bertz CT molecular complexity index is 552. The van der Waals surface area contributed by atoms with Crippen LogP contribution in [0, 0.1) is 0 Å². The summed E-state index contributed by atoms with van der Waals surface area (Å²) in [4.78, 5) is 0. The maximum Gasteiger partial charge on any atom is 0.244 e. The SMILES string of the molecule is CCCCCC[P+](Cl)(Cl)c1ccccc1-c1ccccc1. The molecule has 0 nitrogen and oxygen atoms in total. The van der Waals surface area contributed by atoms with Gasteiger partial charge in [-0.25, -0.2) is 0 Å². The van der Waals surface area contributed by atoms with E-state index in [0.717, 1.165) is 17.9 Å². The zero-order valence-corrected chi connectivity index (χ0v) is 14.8. The molecule has 21 heavy (non-hydrogen) atoms. The van der Waals surface area contributed by atoms with Gasteiger partial charge in [-0.2, -0.15) is 0 Å². The van der Waals surface area contributed by atoms with E-state index >= 15 is 0 Å². The van der Waals surface area contributed by atoms with Gasteiger partial charge in [-0.3, -0.25) is 0 Å². The van der Waals surface area contributed by atoms with E-state index < -0.39 is 5.97 Å². The lowest BCUT2D eigenvalue weighted by Crippen LogP contribution is -2.09. The lowest BCUT2D eigenvalue weighted by atomic mass is 10.1. The molecule has 0 aliphatic rings. The Hall–Kier alpha value is -0.550. The molecule has 0 spiro atoms. The first kappa shape index (κ1) is 16.8. The van der Waals surface area contributed by atoms with E-state index in [9.17, 15) is 0 Å². The summed E-state index contributed by atoms with van der Waals surface area (Å²) in [6.45, 7) is 2.22. The van der Waals surface area contributed by atoms with Gasteiger partial charge in [-0.15, -0.1) is 0 Å². The van der Waals surface area contributed by atoms with Crippen LogP contribution >= 0.6 is 28.4 Å². The van der Waals surface area contributed by atoms with Crippen molar-refractivity contribution >= 4 is 33.8 Å². The second kappa shape index (κ2) is 8.18. The molecule has 0 aliphatic heterocycles. The molecule has 0 fully saturated rings. The summed E-state index contributed by atoms with van der Waals surface area (Å²) < 4.78 is 0. The molecule has 0 saturated carbocycles. The summed E-state index contributed by atoms with van der Waals surface area (Å²) in [7, 11) is 0. The van der Waals surface area contributed by atoms with Crippen molar-refractivity contribution < 1.29 is 0 Å². The van der Waals surface area contributed by atoms with Crippen molar-refractivity contribution in [3.63, 3.8) is 0 Å². The Morgan fingerprint density at radius 2 is 1.48 bits per heavy atom. The predicted octanol–water partition coefficient (Wildman–Crippen LogP) is 6.88. The van der Waals surface area contributed by atoms with Crippen molar-refractivity contribution in [3.05, 3.63) is 54.6 Å². The van der Waals surface area contributed by atoms with Crippen LogP contribution in [0.1, 0.15) is 32.6 Å².